The molecule has 2 aliphatic carbocycles. The van der Waals surface area contributed by atoms with Crippen molar-refractivity contribution >= 4 is 11.3 Å². The second kappa shape index (κ2) is 9.09. The highest BCUT2D eigenvalue weighted by molar-refractivity contribution is 5.91. The Kier molecular flexibility index (Phi) is 5.72. The van der Waals surface area contributed by atoms with E-state index in [1.807, 2.05) is 0 Å². The van der Waals surface area contributed by atoms with Crippen LogP contribution in [-0.4, -0.2) is 0 Å². The Hall–Kier alpha value is -4.10. The predicted molar refractivity (Wildman–Crippen MR) is 159 cm³/mol. The first-order valence-corrected chi connectivity index (χ1v) is 13.3. The second-order valence-corrected chi connectivity index (χ2v) is 10.2. The Balaban J connectivity index is 1.60. The molecule has 1 nitrogen and oxygen atoms in total. The number of fused-ring (bicyclic) bond motifs is 4. The zero-order valence-corrected chi connectivity index (χ0v) is 21.9. The van der Waals surface area contributed by atoms with Crippen molar-refractivity contribution in [2.75, 3.05) is 5.32 Å². The Labute approximate surface area is 220 Å². The topological polar surface area (TPSA) is 12.0 Å². The summed E-state index contributed by atoms with van der Waals surface area (Å²) in [6.45, 7) is 10.7. The molecule has 0 bridgehead atoms. The smallest absolute Gasteiger partial charge is 0.0442 e. The Morgan fingerprint density at radius 3 is 2.08 bits per heavy atom. The first-order valence-electron chi connectivity index (χ1n) is 13.3. The van der Waals surface area contributed by atoms with Gasteiger partial charge in [0.15, 0.2) is 0 Å². The molecule has 0 amide bonds. The highest BCUT2D eigenvalue weighted by Gasteiger charge is 2.42. The Morgan fingerprint density at radius 1 is 0.784 bits per heavy atom. The van der Waals surface area contributed by atoms with Crippen molar-refractivity contribution in [2.24, 2.45) is 0 Å². The lowest BCUT2D eigenvalue weighted by atomic mass is 9.71. The third-order valence-electron chi connectivity index (χ3n) is 8.34. The summed E-state index contributed by atoms with van der Waals surface area (Å²) in [6.07, 6.45) is 8.31. The lowest BCUT2D eigenvalue weighted by Crippen LogP contribution is -2.23. The lowest BCUT2D eigenvalue weighted by molar-refractivity contribution is 0.716. The minimum Gasteiger partial charge on any atom is -0.362 e. The van der Waals surface area contributed by atoms with Gasteiger partial charge in [-0.2, -0.15) is 0 Å². The molecule has 1 N–H and O–H groups in total. The summed E-state index contributed by atoms with van der Waals surface area (Å²) in [4.78, 5) is 0. The second-order valence-electron chi connectivity index (χ2n) is 10.2. The van der Waals surface area contributed by atoms with Gasteiger partial charge in [0.1, 0.15) is 0 Å². The fourth-order valence-corrected chi connectivity index (χ4v) is 6.61. The van der Waals surface area contributed by atoms with Crippen molar-refractivity contribution < 1.29 is 0 Å². The van der Waals surface area contributed by atoms with Crippen molar-refractivity contribution in [1.82, 2.24) is 0 Å². The van der Waals surface area contributed by atoms with Gasteiger partial charge < -0.3 is 5.32 Å². The van der Waals surface area contributed by atoms with Gasteiger partial charge in [-0.15, -0.1) is 0 Å². The van der Waals surface area contributed by atoms with Gasteiger partial charge in [0, 0.05) is 11.1 Å². The van der Waals surface area contributed by atoms with E-state index in [0.717, 1.165) is 18.5 Å². The van der Waals surface area contributed by atoms with Crippen LogP contribution in [0.25, 0.3) is 27.8 Å². The van der Waals surface area contributed by atoms with Crippen molar-refractivity contribution in [3.63, 3.8) is 0 Å². The summed E-state index contributed by atoms with van der Waals surface area (Å²) < 4.78 is 0. The number of allylic oxidation sites excluding steroid dienone is 4. The van der Waals surface area contributed by atoms with Crippen LogP contribution in [0.3, 0.4) is 0 Å². The van der Waals surface area contributed by atoms with Gasteiger partial charge in [0.25, 0.3) is 0 Å². The third-order valence-corrected chi connectivity index (χ3v) is 8.34. The van der Waals surface area contributed by atoms with E-state index in [1.165, 1.54) is 61.2 Å². The third kappa shape index (κ3) is 3.45. The summed E-state index contributed by atoms with van der Waals surface area (Å²) in [5.41, 5.74) is 15.9. The van der Waals surface area contributed by atoms with E-state index in [0.29, 0.717) is 0 Å². The van der Waals surface area contributed by atoms with Crippen LogP contribution in [0.15, 0.2) is 115 Å². The summed E-state index contributed by atoms with van der Waals surface area (Å²) >= 11 is 0. The molecule has 1 heteroatoms. The maximum atomic E-state index is 3.88. The van der Waals surface area contributed by atoms with E-state index >= 15 is 0 Å². The molecule has 0 saturated heterocycles. The quantitative estimate of drug-likeness (QED) is 0.290. The molecule has 0 spiro atoms. The fraction of sp³-hybridized carbons (Fsp3) is 0.167. The number of hydrogen-bond donors (Lipinski definition) is 1. The molecule has 37 heavy (non-hydrogen) atoms. The molecule has 0 aliphatic heterocycles. The van der Waals surface area contributed by atoms with Crippen LogP contribution in [0.1, 0.15) is 55.0 Å². The summed E-state index contributed by atoms with van der Waals surface area (Å²) in [5, 5.41) is 3.31. The molecule has 182 valence electrons. The van der Waals surface area contributed by atoms with Gasteiger partial charge in [-0.25, -0.2) is 0 Å². The number of nitrogens with one attached hydrogen (secondary N) is 1. The number of benzene rings is 4. The molecule has 2 aliphatic rings. The molecule has 0 saturated carbocycles. The predicted octanol–water partition coefficient (Wildman–Crippen LogP) is 9.54. The zero-order valence-electron chi connectivity index (χ0n) is 21.9. The van der Waals surface area contributed by atoms with Crippen LogP contribution in [-0.2, 0) is 11.8 Å². The summed E-state index contributed by atoms with van der Waals surface area (Å²) in [5.74, 6) is 0. The van der Waals surface area contributed by atoms with Gasteiger partial charge in [0.2, 0.25) is 0 Å². The van der Waals surface area contributed by atoms with Crippen molar-refractivity contribution in [2.45, 2.75) is 39.0 Å². The molecule has 4 aromatic rings. The Bertz CT molecular complexity index is 1600. The largest absolute Gasteiger partial charge is 0.362 e. The maximum absolute atomic E-state index is 3.88. The van der Waals surface area contributed by atoms with Gasteiger partial charge in [0.05, 0.1) is 0 Å². The Morgan fingerprint density at radius 2 is 1.41 bits per heavy atom. The number of anilines is 1. The first-order chi connectivity index (χ1) is 18.1. The van der Waals surface area contributed by atoms with E-state index in [4.69, 9.17) is 0 Å². The monoisotopic (exact) mass is 479 g/mol. The molecule has 0 aromatic heterocycles. The minimum atomic E-state index is -0.282. The molecule has 1 unspecified atom stereocenters. The maximum Gasteiger partial charge on any atom is 0.0442 e. The van der Waals surface area contributed by atoms with E-state index < -0.39 is 0 Å². The molecule has 0 fully saturated rings. The van der Waals surface area contributed by atoms with E-state index in [-0.39, 0.29) is 5.41 Å². The molecular formula is C36H33N. The van der Waals surface area contributed by atoms with Crippen molar-refractivity contribution in [3.05, 3.63) is 143 Å². The zero-order chi connectivity index (χ0) is 25.6. The van der Waals surface area contributed by atoms with Crippen molar-refractivity contribution in [1.29, 1.82) is 0 Å². The van der Waals surface area contributed by atoms with Crippen LogP contribution >= 0.6 is 0 Å². The van der Waals surface area contributed by atoms with E-state index in [9.17, 15) is 0 Å². The van der Waals surface area contributed by atoms with Crippen molar-refractivity contribution in [3.8, 4) is 22.3 Å². The van der Waals surface area contributed by atoms with Gasteiger partial charge >= 0.3 is 0 Å². The molecule has 6 rings (SSSR count). The standard InChI is InChI=1S/C36H33N/c1-5-13-26-24(6-2)22-32-27(26)16-12-17-28(32)29-14-8-10-18-33(29)36(4)34-19-11-9-15-30(34)31-21-20-25(37-7-3)23-35(31)36/h5,7-21,23,37H,3,6,22H2,1-2,4H3/b13-5-. The van der Waals surface area contributed by atoms with E-state index in [1.54, 1.807) is 6.20 Å². The van der Waals surface area contributed by atoms with Crippen LogP contribution in [0, 0.1) is 0 Å². The van der Waals surface area contributed by atoms with E-state index in [2.05, 4.69) is 130 Å². The SMILES string of the molecule is C=CNc1ccc2c(c1)C(C)(c1ccccc1-c1cccc3c1CC(CC)=C3/C=C\C)c1ccccc1-2. The average molecular weight is 480 g/mol. The minimum absolute atomic E-state index is 0.282. The summed E-state index contributed by atoms with van der Waals surface area (Å²) in [7, 11) is 0. The molecule has 0 heterocycles. The van der Waals surface area contributed by atoms with Gasteiger partial charge in [-0.1, -0.05) is 104 Å². The van der Waals surface area contributed by atoms with Crippen LogP contribution in [0.5, 0.6) is 0 Å². The summed E-state index contributed by atoms with van der Waals surface area (Å²) in [6, 6.07) is 31.5. The lowest BCUT2D eigenvalue weighted by Gasteiger charge is -2.31. The molecule has 0 radical (unpaired) electrons. The highest BCUT2D eigenvalue weighted by Crippen LogP contribution is 2.55. The van der Waals surface area contributed by atoms with Crippen LogP contribution in [0.2, 0.25) is 0 Å². The normalized spacial score (nSPS) is 17.6. The number of rotatable bonds is 6. The fourth-order valence-electron chi connectivity index (χ4n) is 6.61. The highest BCUT2D eigenvalue weighted by atomic mass is 14.8. The van der Waals surface area contributed by atoms with Crippen LogP contribution in [0.4, 0.5) is 5.69 Å². The molecule has 1 atom stereocenters. The molecule has 4 aromatic carbocycles. The van der Waals surface area contributed by atoms with Gasteiger partial charge in [-0.05, 0) is 101 Å². The average Bonchev–Trinajstić information content (AvgIpc) is 3.42. The van der Waals surface area contributed by atoms with Crippen LogP contribution < -0.4 is 5.32 Å². The first kappa shape index (κ1) is 23.3. The van der Waals surface area contributed by atoms with Gasteiger partial charge in [-0.3, -0.25) is 0 Å². The molecular weight excluding hydrogens is 446 g/mol. The number of hydrogen-bond acceptors (Lipinski definition) is 1.